The summed E-state index contributed by atoms with van der Waals surface area (Å²) in [5, 5.41) is 0. The number of thioether (sulfide) groups is 1. The van der Waals surface area contributed by atoms with Crippen LogP contribution in [0.2, 0.25) is 0 Å². The number of hydrogen-bond acceptors (Lipinski definition) is 2. The van der Waals surface area contributed by atoms with Gasteiger partial charge in [-0.3, -0.25) is 4.79 Å². The second kappa shape index (κ2) is 6.10. The molecule has 1 aromatic rings. The molecule has 1 aromatic carbocycles. The Bertz CT molecular complexity index is 360. The van der Waals surface area contributed by atoms with Crippen LogP contribution in [-0.2, 0) is 11.3 Å². The molecule has 0 aromatic heterocycles. The molecule has 1 unspecified atom stereocenters. The van der Waals surface area contributed by atoms with Gasteiger partial charge in [0.05, 0.1) is 0 Å². The lowest BCUT2D eigenvalue weighted by Gasteiger charge is -2.24. The molecule has 1 atom stereocenters. The van der Waals surface area contributed by atoms with Gasteiger partial charge in [-0.2, -0.15) is 11.8 Å². The Morgan fingerprint density at radius 1 is 1.41 bits per heavy atom. The highest BCUT2D eigenvalue weighted by Gasteiger charge is 2.26. The molecule has 1 aliphatic rings. The number of amides is 1. The van der Waals surface area contributed by atoms with Crippen LogP contribution >= 0.6 is 11.8 Å². The van der Waals surface area contributed by atoms with Crippen LogP contribution in [0.15, 0.2) is 30.3 Å². The molecule has 0 bridgehead atoms. The predicted octanol–water partition coefficient (Wildman–Crippen LogP) is 2.79. The van der Waals surface area contributed by atoms with Crippen molar-refractivity contribution < 1.29 is 4.79 Å². The van der Waals surface area contributed by atoms with E-state index in [2.05, 4.69) is 19.1 Å². The van der Waals surface area contributed by atoms with Crippen molar-refractivity contribution in [1.82, 2.24) is 4.90 Å². The van der Waals surface area contributed by atoms with Gasteiger partial charge in [-0.1, -0.05) is 30.3 Å². The summed E-state index contributed by atoms with van der Waals surface area (Å²) < 4.78 is 0. The topological polar surface area (TPSA) is 20.3 Å². The summed E-state index contributed by atoms with van der Waals surface area (Å²) in [7, 11) is 0. The molecule has 3 heteroatoms. The van der Waals surface area contributed by atoms with Crippen LogP contribution in [0.4, 0.5) is 0 Å². The minimum absolute atomic E-state index is 0.253. The third-order valence-corrected chi connectivity index (χ3v) is 4.35. The summed E-state index contributed by atoms with van der Waals surface area (Å²) in [6, 6.07) is 10.2. The fourth-order valence-electron chi connectivity index (χ4n) is 2.14. The van der Waals surface area contributed by atoms with E-state index in [1.54, 1.807) is 0 Å². The van der Waals surface area contributed by atoms with E-state index >= 15 is 0 Å². The normalized spacial score (nSPS) is 19.2. The van der Waals surface area contributed by atoms with Crippen LogP contribution in [0.1, 0.15) is 18.9 Å². The molecule has 1 fully saturated rings. The van der Waals surface area contributed by atoms with E-state index < -0.39 is 0 Å². The van der Waals surface area contributed by atoms with E-state index in [0.717, 1.165) is 31.0 Å². The van der Waals surface area contributed by atoms with E-state index in [4.69, 9.17) is 0 Å². The van der Waals surface area contributed by atoms with Crippen LogP contribution in [0.25, 0.3) is 0 Å². The number of rotatable bonds is 4. The summed E-state index contributed by atoms with van der Waals surface area (Å²) in [5.74, 6) is 2.73. The first-order chi connectivity index (χ1) is 8.31. The van der Waals surface area contributed by atoms with E-state index in [0.29, 0.717) is 5.91 Å². The average molecular weight is 249 g/mol. The number of carbonyl (C=O) groups excluding carboxylic acids is 1. The van der Waals surface area contributed by atoms with Gasteiger partial charge in [0.15, 0.2) is 0 Å². The monoisotopic (exact) mass is 249 g/mol. The van der Waals surface area contributed by atoms with Gasteiger partial charge in [-0.15, -0.1) is 0 Å². The smallest absolute Gasteiger partial charge is 0.226 e. The number of carbonyl (C=O) groups is 1. The van der Waals surface area contributed by atoms with Gasteiger partial charge >= 0.3 is 0 Å². The minimum atomic E-state index is 0.253. The Morgan fingerprint density at radius 2 is 2.18 bits per heavy atom. The zero-order valence-corrected chi connectivity index (χ0v) is 11.1. The van der Waals surface area contributed by atoms with E-state index in [-0.39, 0.29) is 5.92 Å². The van der Waals surface area contributed by atoms with Crippen molar-refractivity contribution in [2.45, 2.75) is 19.9 Å². The Hall–Kier alpha value is -0.960. The lowest BCUT2D eigenvalue weighted by atomic mass is 10.1. The fourth-order valence-corrected chi connectivity index (χ4v) is 3.35. The number of nitrogens with zero attached hydrogens (tertiary/aromatic N) is 1. The minimum Gasteiger partial charge on any atom is -0.338 e. The fraction of sp³-hybridized carbons (Fsp3) is 0.500. The van der Waals surface area contributed by atoms with E-state index in [1.165, 1.54) is 5.56 Å². The van der Waals surface area contributed by atoms with Crippen molar-refractivity contribution in [3.63, 3.8) is 0 Å². The lowest BCUT2D eigenvalue weighted by molar-refractivity contribution is -0.135. The Morgan fingerprint density at radius 3 is 2.76 bits per heavy atom. The summed E-state index contributed by atoms with van der Waals surface area (Å²) in [6.45, 7) is 3.61. The third kappa shape index (κ3) is 3.25. The molecule has 2 nitrogen and oxygen atoms in total. The Balaban J connectivity index is 1.98. The van der Waals surface area contributed by atoms with Gasteiger partial charge in [0.1, 0.15) is 0 Å². The molecular weight excluding hydrogens is 230 g/mol. The third-order valence-electron chi connectivity index (χ3n) is 3.19. The number of benzene rings is 1. The van der Waals surface area contributed by atoms with Crippen molar-refractivity contribution in [3.05, 3.63) is 35.9 Å². The van der Waals surface area contributed by atoms with Crippen molar-refractivity contribution in [2.24, 2.45) is 5.92 Å². The Kier molecular flexibility index (Phi) is 4.49. The van der Waals surface area contributed by atoms with Crippen molar-refractivity contribution >= 4 is 17.7 Å². The maximum absolute atomic E-state index is 12.3. The molecule has 2 rings (SSSR count). The number of hydrogen-bond donors (Lipinski definition) is 0. The highest BCUT2D eigenvalue weighted by atomic mass is 32.2. The first kappa shape index (κ1) is 12.5. The van der Waals surface area contributed by atoms with Gasteiger partial charge in [0.2, 0.25) is 5.91 Å². The molecule has 92 valence electrons. The van der Waals surface area contributed by atoms with Gasteiger partial charge in [0, 0.05) is 24.8 Å². The van der Waals surface area contributed by atoms with Crippen LogP contribution in [0.5, 0.6) is 0 Å². The average Bonchev–Trinajstić information content (AvgIpc) is 2.90. The molecule has 1 heterocycles. The molecular formula is C14H19NOS. The lowest BCUT2D eigenvalue weighted by Crippen LogP contribution is -2.35. The second-order valence-electron chi connectivity index (χ2n) is 4.40. The molecule has 1 aliphatic heterocycles. The molecule has 0 saturated carbocycles. The van der Waals surface area contributed by atoms with Gasteiger partial charge in [-0.05, 0) is 24.7 Å². The van der Waals surface area contributed by atoms with E-state index in [9.17, 15) is 4.79 Å². The second-order valence-corrected chi connectivity index (χ2v) is 5.55. The molecule has 1 amide bonds. The summed E-state index contributed by atoms with van der Waals surface area (Å²) >= 11 is 1.90. The zero-order valence-electron chi connectivity index (χ0n) is 10.3. The summed E-state index contributed by atoms with van der Waals surface area (Å²) in [6.07, 6.45) is 1.05. The molecule has 1 saturated heterocycles. The molecule has 0 aliphatic carbocycles. The standard InChI is InChI=1S/C14H19NOS/c1-2-15(10-12-6-4-3-5-7-12)14(16)13-8-9-17-11-13/h3-7,13H,2,8-11H2,1H3. The maximum Gasteiger partial charge on any atom is 0.226 e. The quantitative estimate of drug-likeness (QED) is 0.818. The predicted molar refractivity (Wildman–Crippen MR) is 73.0 cm³/mol. The maximum atomic E-state index is 12.3. The molecule has 17 heavy (non-hydrogen) atoms. The van der Waals surface area contributed by atoms with Gasteiger partial charge in [0.25, 0.3) is 0 Å². The zero-order chi connectivity index (χ0) is 12.1. The van der Waals surface area contributed by atoms with Crippen molar-refractivity contribution in [1.29, 1.82) is 0 Å². The van der Waals surface area contributed by atoms with Crippen LogP contribution in [0.3, 0.4) is 0 Å². The van der Waals surface area contributed by atoms with Gasteiger partial charge in [-0.25, -0.2) is 0 Å². The Labute approximate surface area is 107 Å². The van der Waals surface area contributed by atoms with E-state index in [1.807, 2.05) is 34.9 Å². The molecule has 0 radical (unpaired) electrons. The summed E-state index contributed by atoms with van der Waals surface area (Å²) in [4.78, 5) is 14.3. The summed E-state index contributed by atoms with van der Waals surface area (Å²) in [5.41, 5.74) is 1.22. The molecule has 0 N–H and O–H groups in total. The highest BCUT2D eigenvalue weighted by Crippen LogP contribution is 2.25. The van der Waals surface area contributed by atoms with Crippen LogP contribution in [-0.4, -0.2) is 28.9 Å². The largest absolute Gasteiger partial charge is 0.338 e. The van der Waals surface area contributed by atoms with Crippen LogP contribution in [0, 0.1) is 5.92 Å². The van der Waals surface area contributed by atoms with Crippen LogP contribution < -0.4 is 0 Å². The SMILES string of the molecule is CCN(Cc1ccccc1)C(=O)C1CCSC1. The highest BCUT2D eigenvalue weighted by molar-refractivity contribution is 7.99. The molecule has 0 spiro atoms. The van der Waals surface area contributed by atoms with Crippen molar-refractivity contribution in [3.8, 4) is 0 Å². The first-order valence-corrected chi connectivity index (χ1v) is 7.37. The van der Waals surface area contributed by atoms with Gasteiger partial charge < -0.3 is 4.90 Å². The first-order valence-electron chi connectivity index (χ1n) is 6.21. The van der Waals surface area contributed by atoms with Crippen molar-refractivity contribution in [2.75, 3.05) is 18.1 Å².